The summed E-state index contributed by atoms with van der Waals surface area (Å²) in [5, 5.41) is 0. The van der Waals surface area contributed by atoms with Gasteiger partial charge >= 0.3 is 0 Å². The SMILES string of the molecule is CC1CCCCN1S(=O)(=O)c1ccc(C(=O)N2CCN(S(=O)(=O)c3cccnc3)CC2)cc1. The molecule has 1 aromatic carbocycles. The maximum absolute atomic E-state index is 13.0. The lowest BCUT2D eigenvalue weighted by Crippen LogP contribution is -2.50. The summed E-state index contributed by atoms with van der Waals surface area (Å²) >= 11 is 0. The Morgan fingerprint density at radius 2 is 1.58 bits per heavy atom. The molecule has 1 amide bonds. The van der Waals surface area contributed by atoms with E-state index in [4.69, 9.17) is 0 Å². The van der Waals surface area contributed by atoms with Gasteiger partial charge in [0.25, 0.3) is 5.91 Å². The third-order valence-corrected chi connectivity index (χ3v) is 10.2. The normalized spacial score (nSPS) is 21.1. The van der Waals surface area contributed by atoms with E-state index in [1.165, 1.54) is 51.3 Å². The lowest BCUT2D eigenvalue weighted by Gasteiger charge is -2.34. The van der Waals surface area contributed by atoms with Crippen molar-refractivity contribution in [3.05, 3.63) is 54.4 Å². The number of aromatic nitrogens is 1. The number of piperidine rings is 1. The zero-order valence-electron chi connectivity index (χ0n) is 18.5. The van der Waals surface area contributed by atoms with Crippen LogP contribution in [-0.2, 0) is 20.0 Å². The van der Waals surface area contributed by atoms with Gasteiger partial charge < -0.3 is 4.90 Å². The third kappa shape index (κ3) is 4.81. The van der Waals surface area contributed by atoms with E-state index >= 15 is 0 Å². The summed E-state index contributed by atoms with van der Waals surface area (Å²) in [6.45, 7) is 3.30. The summed E-state index contributed by atoms with van der Waals surface area (Å²) in [6, 6.07) is 9.05. The van der Waals surface area contributed by atoms with Crippen LogP contribution in [0, 0.1) is 0 Å². The molecule has 33 heavy (non-hydrogen) atoms. The number of nitrogens with zero attached hydrogens (tertiary/aromatic N) is 4. The predicted octanol–water partition coefficient (Wildman–Crippen LogP) is 1.79. The molecule has 1 aromatic heterocycles. The van der Waals surface area contributed by atoms with Crippen molar-refractivity contribution in [1.29, 1.82) is 0 Å². The fourth-order valence-corrected chi connectivity index (χ4v) is 7.38. The average Bonchev–Trinajstić information content (AvgIpc) is 2.84. The maximum atomic E-state index is 13.0. The van der Waals surface area contributed by atoms with Crippen molar-refractivity contribution < 1.29 is 21.6 Å². The third-order valence-electron chi connectivity index (χ3n) is 6.25. The molecule has 2 aliphatic heterocycles. The first-order chi connectivity index (χ1) is 15.7. The van der Waals surface area contributed by atoms with Gasteiger partial charge in [0.05, 0.1) is 4.90 Å². The van der Waals surface area contributed by atoms with Gasteiger partial charge in [0.15, 0.2) is 0 Å². The molecule has 1 unspecified atom stereocenters. The number of hydrogen-bond acceptors (Lipinski definition) is 6. The Kier molecular flexibility index (Phi) is 6.85. The highest BCUT2D eigenvalue weighted by Crippen LogP contribution is 2.25. The molecule has 0 radical (unpaired) electrons. The summed E-state index contributed by atoms with van der Waals surface area (Å²) in [7, 11) is -7.25. The van der Waals surface area contributed by atoms with Crippen molar-refractivity contribution >= 4 is 26.0 Å². The highest BCUT2D eigenvalue weighted by atomic mass is 32.2. The number of piperazine rings is 1. The average molecular weight is 493 g/mol. The van der Waals surface area contributed by atoms with E-state index < -0.39 is 20.0 Å². The van der Waals surface area contributed by atoms with Crippen molar-refractivity contribution in [3.63, 3.8) is 0 Å². The number of sulfonamides is 2. The monoisotopic (exact) mass is 492 g/mol. The minimum Gasteiger partial charge on any atom is -0.336 e. The molecule has 4 rings (SSSR count). The van der Waals surface area contributed by atoms with Crippen molar-refractivity contribution in [2.75, 3.05) is 32.7 Å². The molecule has 0 aliphatic carbocycles. The van der Waals surface area contributed by atoms with Gasteiger partial charge in [-0.05, 0) is 56.2 Å². The van der Waals surface area contributed by atoms with Crippen molar-refractivity contribution in [2.45, 2.75) is 42.0 Å². The van der Waals surface area contributed by atoms with Crippen LogP contribution in [0.5, 0.6) is 0 Å². The van der Waals surface area contributed by atoms with Crippen LogP contribution in [0.3, 0.4) is 0 Å². The molecule has 2 aromatic rings. The first-order valence-electron chi connectivity index (χ1n) is 11.0. The molecular weight excluding hydrogens is 464 g/mol. The molecule has 3 heterocycles. The first kappa shape index (κ1) is 23.8. The molecule has 0 spiro atoms. The lowest BCUT2D eigenvalue weighted by atomic mass is 10.1. The van der Waals surface area contributed by atoms with Crippen molar-refractivity contribution in [3.8, 4) is 0 Å². The van der Waals surface area contributed by atoms with Crippen LogP contribution in [0.4, 0.5) is 0 Å². The fraction of sp³-hybridized carbons (Fsp3) is 0.455. The second-order valence-corrected chi connectivity index (χ2v) is 12.2. The summed E-state index contributed by atoms with van der Waals surface area (Å²) in [5.41, 5.74) is 0.379. The van der Waals surface area contributed by atoms with E-state index in [-0.39, 0.29) is 47.9 Å². The van der Waals surface area contributed by atoms with E-state index in [1.807, 2.05) is 6.92 Å². The highest BCUT2D eigenvalue weighted by molar-refractivity contribution is 7.89. The van der Waals surface area contributed by atoms with Crippen LogP contribution in [-0.4, -0.2) is 80.0 Å². The second kappa shape index (κ2) is 9.49. The molecule has 2 fully saturated rings. The van der Waals surface area contributed by atoms with Crippen LogP contribution >= 0.6 is 0 Å². The van der Waals surface area contributed by atoms with Gasteiger partial charge in [0.1, 0.15) is 4.90 Å². The number of hydrogen-bond donors (Lipinski definition) is 0. The Hall–Kier alpha value is -2.34. The zero-order chi connectivity index (χ0) is 23.6. The smallest absolute Gasteiger partial charge is 0.253 e. The molecule has 178 valence electrons. The van der Waals surface area contributed by atoms with Crippen LogP contribution in [0.15, 0.2) is 58.6 Å². The van der Waals surface area contributed by atoms with E-state index in [9.17, 15) is 21.6 Å². The highest BCUT2D eigenvalue weighted by Gasteiger charge is 2.32. The zero-order valence-corrected chi connectivity index (χ0v) is 20.1. The standard InChI is InChI=1S/C22H28N4O5S2/c1-18-5-2-3-12-26(18)33(30,31)20-9-7-19(8-10-20)22(27)24-13-15-25(16-14-24)32(28,29)21-6-4-11-23-17-21/h4,6-11,17-18H,2-3,5,12-16H2,1H3. The minimum atomic E-state index is -3.65. The van der Waals surface area contributed by atoms with E-state index in [1.54, 1.807) is 11.0 Å². The Bertz CT molecular complexity index is 1190. The van der Waals surface area contributed by atoms with Gasteiger partial charge in [-0.15, -0.1) is 0 Å². The van der Waals surface area contributed by atoms with Crippen LogP contribution in [0.1, 0.15) is 36.5 Å². The summed E-state index contributed by atoms with van der Waals surface area (Å²) in [5.74, 6) is -0.247. The Labute approximate surface area is 195 Å². The van der Waals surface area contributed by atoms with Crippen LogP contribution in [0.2, 0.25) is 0 Å². The molecule has 0 bridgehead atoms. The number of carbonyl (C=O) groups is 1. The van der Waals surface area contributed by atoms with Gasteiger partial charge in [-0.25, -0.2) is 16.8 Å². The number of carbonyl (C=O) groups excluding carboxylic acids is 1. The number of pyridine rings is 1. The molecule has 9 nitrogen and oxygen atoms in total. The van der Waals surface area contributed by atoms with Crippen LogP contribution in [0.25, 0.3) is 0 Å². The van der Waals surface area contributed by atoms with Crippen LogP contribution < -0.4 is 0 Å². The van der Waals surface area contributed by atoms with E-state index in [0.717, 1.165) is 19.3 Å². The summed E-state index contributed by atoms with van der Waals surface area (Å²) in [6.07, 6.45) is 5.55. The quantitative estimate of drug-likeness (QED) is 0.630. The van der Waals surface area contributed by atoms with E-state index in [2.05, 4.69) is 4.98 Å². The first-order valence-corrected chi connectivity index (χ1v) is 13.9. The number of rotatable bonds is 5. The number of amides is 1. The summed E-state index contributed by atoms with van der Waals surface area (Å²) < 4.78 is 54.4. The second-order valence-electron chi connectivity index (χ2n) is 8.37. The van der Waals surface area contributed by atoms with Gasteiger partial charge in [0, 0.05) is 56.7 Å². The molecule has 0 saturated carbocycles. The van der Waals surface area contributed by atoms with Gasteiger partial charge in [-0.2, -0.15) is 8.61 Å². The van der Waals surface area contributed by atoms with Crippen molar-refractivity contribution in [1.82, 2.24) is 18.5 Å². The summed E-state index contributed by atoms with van der Waals surface area (Å²) in [4.78, 5) is 18.7. The van der Waals surface area contributed by atoms with Crippen molar-refractivity contribution in [2.24, 2.45) is 0 Å². The minimum absolute atomic E-state index is 0.0377. The molecular formula is C22H28N4O5S2. The predicted molar refractivity (Wildman–Crippen MR) is 123 cm³/mol. The molecule has 2 aliphatic rings. The van der Waals surface area contributed by atoms with Gasteiger partial charge in [0.2, 0.25) is 20.0 Å². The Balaban J connectivity index is 1.41. The van der Waals surface area contributed by atoms with Gasteiger partial charge in [-0.1, -0.05) is 6.42 Å². The maximum Gasteiger partial charge on any atom is 0.253 e. The Morgan fingerprint density at radius 1 is 0.879 bits per heavy atom. The lowest BCUT2D eigenvalue weighted by molar-refractivity contribution is 0.0697. The largest absolute Gasteiger partial charge is 0.336 e. The molecule has 1 atom stereocenters. The molecule has 11 heteroatoms. The number of benzene rings is 1. The molecule has 0 N–H and O–H groups in total. The Morgan fingerprint density at radius 3 is 2.18 bits per heavy atom. The topological polar surface area (TPSA) is 108 Å². The van der Waals surface area contributed by atoms with E-state index in [0.29, 0.717) is 12.1 Å². The fourth-order valence-electron chi connectivity index (χ4n) is 4.30. The molecule has 2 saturated heterocycles. The van der Waals surface area contributed by atoms with Gasteiger partial charge in [-0.3, -0.25) is 9.78 Å².